The van der Waals surface area contributed by atoms with Crippen molar-refractivity contribution in [3.8, 4) is 11.5 Å². The predicted molar refractivity (Wildman–Crippen MR) is 170 cm³/mol. The Morgan fingerprint density at radius 3 is 2.53 bits per heavy atom. The number of carbonyl (C=O) groups is 3. The van der Waals surface area contributed by atoms with E-state index in [1.165, 1.54) is 11.8 Å². The summed E-state index contributed by atoms with van der Waals surface area (Å²) in [4.78, 5) is 45.0. The molecule has 12 heteroatoms. The number of alkyl carbamates (subject to hydrolysis) is 1. The van der Waals surface area contributed by atoms with Crippen molar-refractivity contribution in [2.45, 2.75) is 31.2 Å². The molecule has 6 rings (SSSR count). The first kappa shape index (κ1) is 30.1. The fraction of sp³-hybridized carbons (Fsp3) is 0.273. The summed E-state index contributed by atoms with van der Waals surface area (Å²) in [7, 11) is 0. The Bertz CT molecular complexity index is 1630. The lowest BCUT2D eigenvalue weighted by Crippen LogP contribution is -2.41. The topological polar surface area (TPSA) is 128 Å². The van der Waals surface area contributed by atoms with Crippen LogP contribution in [0.5, 0.6) is 11.5 Å². The van der Waals surface area contributed by atoms with E-state index in [-0.39, 0.29) is 12.5 Å². The maximum absolute atomic E-state index is 13.7. The summed E-state index contributed by atoms with van der Waals surface area (Å²) in [6, 6.07) is 20.9. The minimum absolute atomic E-state index is 0.103. The molecule has 1 saturated heterocycles. The number of hydrogen-bond donors (Lipinski definition) is 2. The third kappa shape index (κ3) is 7.40. The highest BCUT2D eigenvalue weighted by molar-refractivity contribution is 8.15. The van der Waals surface area contributed by atoms with Crippen LogP contribution in [0.1, 0.15) is 29.7 Å². The normalized spacial score (nSPS) is 18.6. The number of aliphatic imine (C=N–C) groups is 1. The highest BCUT2D eigenvalue weighted by Gasteiger charge is 2.40. The van der Waals surface area contributed by atoms with E-state index in [2.05, 4.69) is 10.6 Å². The Kier molecular flexibility index (Phi) is 9.20. The van der Waals surface area contributed by atoms with Gasteiger partial charge in [-0.15, -0.1) is 0 Å². The number of carbonyl (C=O) groups excluding carboxylic acids is 3. The fourth-order valence-corrected chi connectivity index (χ4v) is 6.02. The van der Waals surface area contributed by atoms with E-state index in [1.807, 2.05) is 48.5 Å². The molecule has 0 saturated carbocycles. The van der Waals surface area contributed by atoms with E-state index in [1.54, 1.807) is 42.2 Å². The van der Waals surface area contributed by atoms with Crippen LogP contribution in [-0.4, -0.2) is 60.4 Å². The van der Waals surface area contributed by atoms with Crippen LogP contribution < -0.4 is 20.1 Å². The van der Waals surface area contributed by atoms with E-state index in [4.69, 9.17) is 23.9 Å². The molecule has 0 bridgehead atoms. The number of anilines is 1. The van der Waals surface area contributed by atoms with E-state index in [0.717, 1.165) is 23.3 Å². The van der Waals surface area contributed by atoms with Crippen molar-refractivity contribution >= 4 is 46.2 Å². The van der Waals surface area contributed by atoms with Crippen molar-refractivity contribution in [2.75, 3.05) is 31.7 Å². The van der Waals surface area contributed by atoms with Crippen LogP contribution in [0.25, 0.3) is 0 Å². The van der Waals surface area contributed by atoms with Gasteiger partial charge in [-0.25, -0.2) is 9.79 Å². The van der Waals surface area contributed by atoms with Crippen molar-refractivity contribution in [3.05, 3.63) is 95.8 Å². The molecular weight excluding hydrogens is 596 g/mol. The molecule has 3 aliphatic rings. The van der Waals surface area contributed by atoms with Crippen LogP contribution in [0.15, 0.2) is 89.6 Å². The van der Waals surface area contributed by atoms with Crippen LogP contribution in [0.3, 0.4) is 0 Å². The van der Waals surface area contributed by atoms with Gasteiger partial charge in [-0.05, 0) is 48.4 Å². The first-order valence-electron chi connectivity index (χ1n) is 14.6. The third-order valence-electron chi connectivity index (χ3n) is 7.21. The Morgan fingerprint density at radius 1 is 1.00 bits per heavy atom. The number of fused-ring (bicyclic) bond motifs is 1. The molecule has 3 amide bonds. The minimum atomic E-state index is -0.833. The van der Waals surface area contributed by atoms with Gasteiger partial charge in [-0.3, -0.25) is 14.5 Å². The van der Waals surface area contributed by atoms with E-state index >= 15 is 0 Å². The molecule has 0 spiro atoms. The number of hydrogen-bond acceptors (Lipinski definition) is 9. The number of ether oxygens (including phenoxy) is 4. The molecule has 3 heterocycles. The number of rotatable bonds is 9. The van der Waals surface area contributed by atoms with Crippen molar-refractivity contribution in [2.24, 2.45) is 4.99 Å². The molecule has 2 atom stereocenters. The van der Waals surface area contributed by atoms with Gasteiger partial charge in [0.15, 0.2) is 16.7 Å². The van der Waals surface area contributed by atoms with E-state index in [9.17, 15) is 14.4 Å². The van der Waals surface area contributed by atoms with Crippen molar-refractivity contribution < 1.29 is 33.3 Å². The molecule has 3 aromatic rings. The summed E-state index contributed by atoms with van der Waals surface area (Å²) in [5.74, 6) is 1.50. The van der Waals surface area contributed by atoms with Crippen LogP contribution in [0, 0.1) is 0 Å². The zero-order valence-corrected chi connectivity index (χ0v) is 25.4. The second kappa shape index (κ2) is 13.8. The van der Waals surface area contributed by atoms with Crippen LogP contribution in [0.2, 0.25) is 0 Å². The highest BCUT2D eigenvalue weighted by Crippen LogP contribution is 2.42. The summed E-state index contributed by atoms with van der Waals surface area (Å²) in [6.45, 7) is 3.52. The maximum Gasteiger partial charge on any atom is 0.408 e. The van der Waals surface area contributed by atoms with Gasteiger partial charge in [-0.1, -0.05) is 54.2 Å². The van der Waals surface area contributed by atoms with Gasteiger partial charge in [-0.2, -0.15) is 0 Å². The van der Waals surface area contributed by atoms with E-state index < -0.39 is 23.3 Å². The standard InChI is InChI=1S/C33H32N4O7S/c1-21(34-33(40)44-20-22-6-3-2-4-7-22)30(38)35-24-11-9-23(10-12-24)29-31(39)37(19-26-8-5-15-41-26)32(45-29)36-25-13-14-27-28(18-25)43-17-16-42-27/h2-4,6-14,18,21,29H,5,15-17,19-20H2,1H3,(H,34,40)(H,35,38)/t21-,29?/m0/s1. The fourth-order valence-electron chi connectivity index (χ4n) is 4.84. The molecule has 1 unspecified atom stereocenters. The number of benzene rings is 3. The van der Waals surface area contributed by atoms with Crippen LogP contribution in [0.4, 0.5) is 16.2 Å². The first-order valence-corrected chi connectivity index (χ1v) is 15.5. The first-order chi connectivity index (χ1) is 21.9. The Balaban J connectivity index is 1.10. The maximum atomic E-state index is 13.7. The largest absolute Gasteiger partial charge is 0.496 e. The van der Waals surface area contributed by atoms with Crippen LogP contribution >= 0.6 is 11.8 Å². The van der Waals surface area contributed by atoms with Gasteiger partial charge in [0.25, 0.3) is 0 Å². The van der Waals surface area contributed by atoms with Gasteiger partial charge in [0.05, 0.1) is 18.8 Å². The summed E-state index contributed by atoms with van der Waals surface area (Å²) < 4.78 is 22.2. The summed E-state index contributed by atoms with van der Waals surface area (Å²) in [5.41, 5.74) is 2.78. The third-order valence-corrected chi connectivity index (χ3v) is 8.44. The zero-order chi connectivity index (χ0) is 31.2. The Labute approximate surface area is 264 Å². The number of amides is 3. The molecule has 1 fully saturated rings. The quantitative estimate of drug-likeness (QED) is 0.326. The number of nitrogens with one attached hydrogen (secondary N) is 2. The number of amidine groups is 1. The summed E-state index contributed by atoms with van der Waals surface area (Å²) in [5, 5.41) is 5.35. The molecular formula is C33H32N4O7S. The van der Waals surface area contributed by atoms with Crippen molar-refractivity contribution in [1.82, 2.24) is 10.2 Å². The molecule has 0 aromatic heterocycles. The average molecular weight is 629 g/mol. The summed E-state index contributed by atoms with van der Waals surface area (Å²) >= 11 is 1.35. The minimum Gasteiger partial charge on any atom is -0.496 e. The van der Waals surface area contributed by atoms with Crippen molar-refractivity contribution in [1.29, 1.82) is 0 Å². The SMILES string of the molecule is C[C@H](NC(=O)OCc1ccccc1)C(=O)Nc1ccc(C2SC(=Nc3ccc4c(c3)OCCO4)N(CC3=CCCO3)C2=O)cc1. The van der Waals surface area contributed by atoms with Crippen LogP contribution in [-0.2, 0) is 25.7 Å². The molecule has 2 N–H and O–H groups in total. The van der Waals surface area contributed by atoms with Crippen molar-refractivity contribution in [3.63, 3.8) is 0 Å². The second-order valence-corrected chi connectivity index (χ2v) is 11.6. The average Bonchev–Trinajstić information content (AvgIpc) is 3.69. The molecule has 0 radical (unpaired) electrons. The lowest BCUT2D eigenvalue weighted by molar-refractivity contribution is -0.126. The lowest BCUT2D eigenvalue weighted by Gasteiger charge is -2.19. The van der Waals surface area contributed by atoms with Gasteiger partial charge in [0.1, 0.15) is 36.9 Å². The van der Waals surface area contributed by atoms with E-state index in [0.29, 0.717) is 54.4 Å². The molecule has 45 heavy (non-hydrogen) atoms. The Morgan fingerprint density at radius 2 is 1.78 bits per heavy atom. The molecule has 0 aliphatic carbocycles. The summed E-state index contributed by atoms with van der Waals surface area (Å²) in [6.07, 6.45) is 2.10. The highest BCUT2D eigenvalue weighted by atomic mass is 32.2. The lowest BCUT2D eigenvalue weighted by atomic mass is 10.1. The number of nitrogens with zero attached hydrogens (tertiary/aromatic N) is 2. The zero-order valence-electron chi connectivity index (χ0n) is 24.6. The predicted octanol–water partition coefficient (Wildman–Crippen LogP) is 5.32. The monoisotopic (exact) mass is 628 g/mol. The molecule has 3 aliphatic heterocycles. The van der Waals surface area contributed by atoms with Gasteiger partial charge < -0.3 is 29.6 Å². The second-order valence-electron chi connectivity index (χ2n) is 10.5. The molecule has 232 valence electrons. The number of thioether (sulfide) groups is 1. The molecule has 3 aromatic carbocycles. The van der Waals surface area contributed by atoms with Gasteiger partial charge in [0, 0.05) is 18.2 Å². The van der Waals surface area contributed by atoms with Gasteiger partial charge >= 0.3 is 6.09 Å². The van der Waals surface area contributed by atoms with Gasteiger partial charge in [0.2, 0.25) is 11.8 Å². The smallest absolute Gasteiger partial charge is 0.408 e. The molecule has 11 nitrogen and oxygen atoms in total. The Hall–Kier alpha value is -4.97.